The first-order chi connectivity index (χ1) is 5.95. The van der Waals surface area contributed by atoms with Gasteiger partial charge in [-0.3, -0.25) is 4.90 Å². The molecule has 0 saturated carbocycles. The van der Waals surface area contributed by atoms with Gasteiger partial charge in [-0.15, -0.1) is 0 Å². The molecule has 2 aliphatic rings. The molecule has 0 amide bonds. The third-order valence-corrected chi connectivity index (χ3v) is 2.74. The van der Waals surface area contributed by atoms with Gasteiger partial charge < -0.3 is 10.1 Å². The standard InChI is InChI=1S/C9H18N2O/c1-2-9(10-3-1)8-11-4-6-12-7-5-11/h9-10H,1-8H2/t9-/m0/s1. The van der Waals surface area contributed by atoms with Crippen molar-refractivity contribution >= 4 is 0 Å². The van der Waals surface area contributed by atoms with Crippen LogP contribution >= 0.6 is 0 Å². The van der Waals surface area contributed by atoms with E-state index in [2.05, 4.69) is 10.2 Å². The van der Waals surface area contributed by atoms with Gasteiger partial charge in [0.05, 0.1) is 13.2 Å². The molecule has 0 bridgehead atoms. The van der Waals surface area contributed by atoms with Crippen LogP contribution < -0.4 is 5.32 Å². The third-order valence-electron chi connectivity index (χ3n) is 2.74. The molecule has 1 N–H and O–H groups in total. The van der Waals surface area contributed by atoms with E-state index >= 15 is 0 Å². The molecule has 2 rings (SSSR count). The van der Waals surface area contributed by atoms with Crippen molar-refractivity contribution in [2.24, 2.45) is 0 Å². The molecule has 2 fully saturated rings. The quantitative estimate of drug-likeness (QED) is 0.635. The van der Waals surface area contributed by atoms with Crippen LogP contribution in [-0.2, 0) is 4.74 Å². The summed E-state index contributed by atoms with van der Waals surface area (Å²) in [7, 11) is 0. The molecule has 12 heavy (non-hydrogen) atoms. The molecule has 0 aromatic carbocycles. The van der Waals surface area contributed by atoms with Crippen LogP contribution in [0.25, 0.3) is 0 Å². The van der Waals surface area contributed by atoms with Gasteiger partial charge in [0.15, 0.2) is 0 Å². The summed E-state index contributed by atoms with van der Waals surface area (Å²) in [5.41, 5.74) is 0. The molecule has 2 heterocycles. The summed E-state index contributed by atoms with van der Waals surface area (Å²) in [6.45, 7) is 6.54. The van der Waals surface area contributed by atoms with Gasteiger partial charge in [-0.05, 0) is 19.4 Å². The lowest BCUT2D eigenvalue weighted by atomic mass is 10.2. The van der Waals surface area contributed by atoms with Crippen LogP contribution in [0.1, 0.15) is 12.8 Å². The first-order valence-corrected chi connectivity index (χ1v) is 4.98. The lowest BCUT2D eigenvalue weighted by Gasteiger charge is -2.28. The zero-order chi connectivity index (χ0) is 8.23. The number of morpholine rings is 1. The van der Waals surface area contributed by atoms with Crippen LogP contribution in [0.3, 0.4) is 0 Å². The molecule has 0 spiro atoms. The molecule has 0 aromatic rings. The van der Waals surface area contributed by atoms with E-state index in [1.165, 1.54) is 25.9 Å². The monoisotopic (exact) mass is 170 g/mol. The maximum absolute atomic E-state index is 5.30. The number of hydrogen-bond donors (Lipinski definition) is 1. The summed E-state index contributed by atoms with van der Waals surface area (Å²) in [6, 6.07) is 0.753. The van der Waals surface area contributed by atoms with Crippen molar-refractivity contribution in [1.29, 1.82) is 0 Å². The van der Waals surface area contributed by atoms with E-state index in [0.717, 1.165) is 32.3 Å². The predicted octanol–water partition coefficient (Wildman–Crippen LogP) is 0.0706. The van der Waals surface area contributed by atoms with E-state index in [1.807, 2.05) is 0 Å². The molecule has 1 atom stereocenters. The van der Waals surface area contributed by atoms with Gasteiger partial charge in [-0.2, -0.15) is 0 Å². The summed E-state index contributed by atoms with van der Waals surface area (Å²) in [6.07, 6.45) is 2.71. The molecular formula is C9H18N2O. The zero-order valence-corrected chi connectivity index (χ0v) is 7.59. The van der Waals surface area contributed by atoms with E-state index in [-0.39, 0.29) is 0 Å². The van der Waals surface area contributed by atoms with Gasteiger partial charge in [0.2, 0.25) is 0 Å². The Labute approximate surface area is 74.1 Å². The summed E-state index contributed by atoms with van der Waals surface area (Å²) >= 11 is 0. The van der Waals surface area contributed by atoms with E-state index in [9.17, 15) is 0 Å². The molecule has 2 saturated heterocycles. The van der Waals surface area contributed by atoms with E-state index in [1.54, 1.807) is 0 Å². The van der Waals surface area contributed by atoms with Crippen molar-refractivity contribution in [2.75, 3.05) is 39.4 Å². The second-order valence-electron chi connectivity index (χ2n) is 3.71. The Balaban J connectivity index is 1.69. The van der Waals surface area contributed by atoms with E-state index < -0.39 is 0 Å². The zero-order valence-electron chi connectivity index (χ0n) is 7.59. The summed E-state index contributed by atoms with van der Waals surface area (Å²) in [4.78, 5) is 2.51. The van der Waals surface area contributed by atoms with Crippen LogP contribution in [0.5, 0.6) is 0 Å². The Morgan fingerprint density at radius 3 is 2.83 bits per heavy atom. The highest BCUT2D eigenvalue weighted by atomic mass is 16.5. The fraction of sp³-hybridized carbons (Fsp3) is 1.00. The second-order valence-corrected chi connectivity index (χ2v) is 3.71. The van der Waals surface area contributed by atoms with Crippen molar-refractivity contribution in [2.45, 2.75) is 18.9 Å². The first-order valence-electron chi connectivity index (χ1n) is 4.98. The van der Waals surface area contributed by atoms with Gasteiger partial charge in [0, 0.05) is 25.7 Å². The average Bonchev–Trinajstić information content (AvgIpc) is 2.59. The Bertz CT molecular complexity index is 128. The molecule has 2 aliphatic heterocycles. The van der Waals surface area contributed by atoms with Crippen molar-refractivity contribution in [3.8, 4) is 0 Å². The maximum Gasteiger partial charge on any atom is 0.0594 e. The number of nitrogens with zero attached hydrogens (tertiary/aromatic N) is 1. The fourth-order valence-corrected chi connectivity index (χ4v) is 2.01. The molecule has 70 valence electrons. The van der Waals surface area contributed by atoms with Gasteiger partial charge in [0.25, 0.3) is 0 Å². The summed E-state index contributed by atoms with van der Waals surface area (Å²) < 4.78 is 5.30. The molecular weight excluding hydrogens is 152 g/mol. The van der Waals surface area contributed by atoms with Crippen molar-refractivity contribution < 1.29 is 4.74 Å². The number of ether oxygens (including phenoxy) is 1. The average molecular weight is 170 g/mol. The predicted molar refractivity (Wildman–Crippen MR) is 48.3 cm³/mol. The number of rotatable bonds is 2. The summed E-state index contributed by atoms with van der Waals surface area (Å²) in [5, 5.41) is 3.52. The van der Waals surface area contributed by atoms with Gasteiger partial charge in [-0.1, -0.05) is 0 Å². The highest BCUT2D eigenvalue weighted by molar-refractivity contribution is 4.78. The molecule has 3 heteroatoms. The van der Waals surface area contributed by atoms with Crippen LogP contribution in [0.15, 0.2) is 0 Å². The Hall–Kier alpha value is -0.120. The van der Waals surface area contributed by atoms with Gasteiger partial charge in [-0.25, -0.2) is 0 Å². The van der Waals surface area contributed by atoms with E-state index in [0.29, 0.717) is 0 Å². The number of hydrogen-bond acceptors (Lipinski definition) is 3. The van der Waals surface area contributed by atoms with Crippen LogP contribution in [0.2, 0.25) is 0 Å². The number of nitrogens with one attached hydrogen (secondary N) is 1. The van der Waals surface area contributed by atoms with Crippen LogP contribution in [-0.4, -0.2) is 50.3 Å². The van der Waals surface area contributed by atoms with Crippen LogP contribution in [0, 0.1) is 0 Å². The molecule has 0 aliphatic carbocycles. The topological polar surface area (TPSA) is 24.5 Å². The first kappa shape index (κ1) is 8.48. The van der Waals surface area contributed by atoms with Crippen molar-refractivity contribution in [1.82, 2.24) is 10.2 Å². The van der Waals surface area contributed by atoms with Gasteiger partial charge >= 0.3 is 0 Å². The van der Waals surface area contributed by atoms with E-state index in [4.69, 9.17) is 4.74 Å². The SMILES string of the molecule is C1CN[C@H](CN2CCOCC2)C1. The molecule has 0 aromatic heterocycles. The summed E-state index contributed by atoms with van der Waals surface area (Å²) in [5.74, 6) is 0. The minimum absolute atomic E-state index is 0.753. The van der Waals surface area contributed by atoms with Crippen LogP contribution in [0.4, 0.5) is 0 Å². The normalized spacial score (nSPS) is 32.5. The molecule has 3 nitrogen and oxygen atoms in total. The highest BCUT2D eigenvalue weighted by Gasteiger charge is 2.18. The smallest absolute Gasteiger partial charge is 0.0594 e. The fourth-order valence-electron chi connectivity index (χ4n) is 2.01. The Morgan fingerprint density at radius 2 is 2.17 bits per heavy atom. The Kier molecular flexibility index (Phi) is 2.98. The third kappa shape index (κ3) is 2.19. The molecule has 0 radical (unpaired) electrons. The van der Waals surface area contributed by atoms with Crippen molar-refractivity contribution in [3.05, 3.63) is 0 Å². The maximum atomic E-state index is 5.30. The van der Waals surface area contributed by atoms with Gasteiger partial charge in [0.1, 0.15) is 0 Å². The minimum atomic E-state index is 0.753. The highest BCUT2D eigenvalue weighted by Crippen LogP contribution is 2.07. The lowest BCUT2D eigenvalue weighted by molar-refractivity contribution is 0.0344. The Morgan fingerprint density at radius 1 is 1.33 bits per heavy atom. The molecule has 0 unspecified atom stereocenters. The minimum Gasteiger partial charge on any atom is -0.379 e. The lowest BCUT2D eigenvalue weighted by Crippen LogP contribution is -2.43. The largest absolute Gasteiger partial charge is 0.379 e. The van der Waals surface area contributed by atoms with Crippen molar-refractivity contribution in [3.63, 3.8) is 0 Å². The second kappa shape index (κ2) is 4.21.